The van der Waals surface area contributed by atoms with Crippen molar-refractivity contribution in [1.29, 1.82) is 0 Å². The van der Waals surface area contributed by atoms with Crippen LogP contribution in [0.5, 0.6) is 0 Å². The van der Waals surface area contributed by atoms with E-state index in [0.29, 0.717) is 12.8 Å². The lowest BCUT2D eigenvalue weighted by Gasteiger charge is -2.33. The second-order valence-electron chi connectivity index (χ2n) is 5.82. The van der Waals surface area contributed by atoms with Crippen molar-refractivity contribution in [1.82, 2.24) is 0 Å². The Balaban J connectivity index is 4.62. The Hall–Kier alpha value is -0.570. The Kier molecular flexibility index (Phi) is 6.17. The number of esters is 1. The van der Waals surface area contributed by atoms with Gasteiger partial charge < -0.3 is 9.84 Å². The fraction of sp³-hybridized carbons (Fsp3) is 0.929. The van der Waals surface area contributed by atoms with Crippen molar-refractivity contribution in [2.75, 3.05) is 0 Å². The first-order valence-corrected chi connectivity index (χ1v) is 6.61. The quantitative estimate of drug-likeness (QED) is 0.729. The molecule has 0 fully saturated rings. The fourth-order valence-corrected chi connectivity index (χ4v) is 1.79. The van der Waals surface area contributed by atoms with Gasteiger partial charge in [-0.15, -0.1) is 0 Å². The molecule has 102 valence electrons. The monoisotopic (exact) mass is 244 g/mol. The van der Waals surface area contributed by atoms with Gasteiger partial charge in [-0.05, 0) is 40.5 Å². The van der Waals surface area contributed by atoms with Crippen molar-refractivity contribution >= 4 is 5.97 Å². The van der Waals surface area contributed by atoms with Gasteiger partial charge in [-0.2, -0.15) is 0 Å². The first-order chi connectivity index (χ1) is 7.66. The molecular formula is C14H28O3. The molecule has 0 aromatic rings. The predicted octanol–water partition coefficient (Wildman–Crippen LogP) is 3.30. The molecule has 0 aromatic carbocycles. The number of carbonyl (C=O) groups excluding carboxylic acids is 1. The molecule has 17 heavy (non-hydrogen) atoms. The number of carbonyl (C=O) groups is 1. The molecule has 0 bridgehead atoms. The Morgan fingerprint density at radius 2 is 1.82 bits per heavy atom. The molecule has 0 aliphatic heterocycles. The van der Waals surface area contributed by atoms with Gasteiger partial charge in [0, 0.05) is 0 Å². The van der Waals surface area contributed by atoms with Crippen LogP contribution in [0, 0.1) is 5.92 Å². The fourth-order valence-electron chi connectivity index (χ4n) is 1.79. The maximum absolute atomic E-state index is 11.9. The number of ether oxygens (including phenoxy) is 1. The van der Waals surface area contributed by atoms with Crippen molar-refractivity contribution < 1.29 is 14.6 Å². The number of aliphatic hydroxyl groups is 1. The summed E-state index contributed by atoms with van der Waals surface area (Å²) >= 11 is 0. The van der Waals surface area contributed by atoms with Crippen molar-refractivity contribution in [2.45, 2.75) is 78.4 Å². The molecular weight excluding hydrogens is 216 g/mol. The summed E-state index contributed by atoms with van der Waals surface area (Å²) < 4.78 is 5.33. The van der Waals surface area contributed by atoms with Crippen LogP contribution in [0.15, 0.2) is 0 Å². The van der Waals surface area contributed by atoms with Gasteiger partial charge in [0.1, 0.15) is 5.60 Å². The van der Waals surface area contributed by atoms with Crippen LogP contribution in [0.3, 0.4) is 0 Å². The molecule has 0 aliphatic rings. The number of hydrogen-bond donors (Lipinski definition) is 1. The topological polar surface area (TPSA) is 46.5 Å². The summed E-state index contributed by atoms with van der Waals surface area (Å²) in [7, 11) is 0. The third kappa shape index (κ3) is 5.53. The van der Waals surface area contributed by atoms with Crippen LogP contribution < -0.4 is 0 Å². The van der Waals surface area contributed by atoms with E-state index in [1.165, 1.54) is 0 Å². The second kappa shape index (κ2) is 6.39. The van der Waals surface area contributed by atoms with Gasteiger partial charge in [0.05, 0.1) is 11.5 Å². The Bertz CT molecular complexity index is 242. The maximum Gasteiger partial charge on any atom is 0.312 e. The van der Waals surface area contributed by atoms with Crippen molar-refractivity contribution in [3.8, 4) is 0 Å². The smallest absolute Gasteiger partial charge is 0.312 e. The molecule has 0 aliphatic carbocycles. The minimum atomic E-state index is -0.932. The lowest BCUT2D eigenvalue weighted by molar-refractivity contribution is -0.169. The number of rotatable bonds is 6. The zero-order chi connectivity index (χ0) is 13.7. The van der Waals surface area contributed by atoms with Gasteiger partial charge in [-0.25, -0.2) is 0 Å². The van der Waals surface area contributed by atoms with Gasteiger partial charge in [0.15, 0.2) is 0 Å². The molecule has 0 rings (SSSR count). The zero-order valence-corrected chi connectivity index (χ0v) is 12.2. The number of unbranched alkanes of at least 4 members (excludes halogenated alkanes) is 1. The lowest BCUT2D eigenvalue weighted by Crippen LogP contribution is -2.43. The SMILES string of the molecule is CCCCC(O)(CC)C(C)C(=O)OC(C)(C)C. The highest BCUT2D eigenvalue weighted by atomic mass is 16.6. The molecule has 0 heterocycles. The van der Waals surface area contributed by atoms with E-state index in [4.69, 9.17) is 4.74 Å². The van der Waals surface area contributed by atoms with Crippen LogP contribution in [0.2, 0.25) is 0 Å². The first-order valence-electron chi connectivity index (χ1n) is 6.61. The Morgan fingerprint density at radius 1 is 1.29 bits per heavy atom. The molecule has 0 aromatic heterocycles. The minimum Gasteiger partial charge on any atom is -0.460 e. The van der Waals surface area contributed by atoms with E-state index in [-0.39, 0.29) is 5.97 Å². The summed E-state index contributed by atoms with van der Waals surface area (Å²) in [6, 6.07) is 0. The third-order valence-electron chi connectivity index (χ3n) is 3.14. The van der Waals surface area contributed by atoms with Crippen LogP contribution in [0.1, 0.15) is 67.2 Å². The molecule has 0 amide bonds. The maximum atomic E-state index is 11.9. The first kappa shape index (κ1) is 16.4. The molecule has 3 nitrogen and oxygen atoms in total. The van der Waals surface area contributed by atoms with Crippen molar-refractivity contribution in [2.24, 2.45) is 5.92 Å². The molecule has 0 radical (unpaired) electrons. The van der Waals surface area contributed by atoms with Gasteiger partial charge in [-0.1, -0.05) is 26.7 Å². The second-order valence-corrected chi connectivity index (χ2v) is 5.82. The van der Waals surface area contributed by atoms with Crippen molar-refractivity contribution in [3.63, 3.8) is 0 Å². The standard InChI is InChI=1S/C14H28O3/c1-7-9-10-14(16,8-2)11(3)12(15)17-13(4,5)6/h11,16H,7-10H2,1-6H3. The highest BCUT2D eigenvalue weighted by Crippen LogP contribution is 2.29. The zero-order valence-electron chi connectivity index (χ0n) is 12.2. The number of hydrogen-bond acceptors (Lipinski definition) is 3. The van der Waals surface area contributed by atoms with Gasteiger partial charge in [-0.3, -0.25) is 4.79 Å². The van der Waals surface area contributed by atoms with E-state index in [1.54, 1.807) is 6.92 Å². The highest BCUT2D eigenvalue weighted by Gasteiger charge is 2.38. The summed E-state index contributed by atoms with van der Waals surface area (Å²) in [6.07, 6.45) is 3.18. The van der Waals surface area contributed by atoms with Crippen LogP contribution in [-0.4, -0.2) is 22.3 Å². The van der Waals surface area contributed by atoms with E-state index in [2.05, 4.69) is 6.92 Å². The molecule has 0 spiro atoms. The Labute approximate surface area is 106 Å². The normalized spacial score (nSPS) is 17.4. The van der Waals surface area contributed by atoms with Crippen LogP contribution in [0.4, 0.5) is 0 Å². The van der Waals surface area contributed by atoms with E-state index in [0.717, 1.165) is 12.8 Å². The van der Waals surface area contributed by atoms with Crippen molar-refractivity contribution in [3.05, 3.63) is 0 Å². The van der Waals surface area contributed by atoms with Gasteiger partial charge >= 0.3 is 5.97 Å². The van der Waals surface area contributed by atoms with Gasteiger partial charge in [0.25, 0.3) is 0 Å². The summed E-state index contributed by atoms with van der Waals surface area (Å²) in [4.78, 5) is 11.9. The molecule has 0 saturated carbocycles. The molecule has 0 saturated heterocycles. The Morgan fingerprint density at radius 3 is 2.18 bits per heavy atom. The highest BCUT2D eigenvalue weighted by molar-refractivity contribution is 5.73. The van der Waals surface area contributed by atoms with E-state index in [9.17, 15) is 9.90 Å². The minimum absolute atomic E-state index is 0.307. The van der Waals surface area contributed by atoms with E-state index >= 15 is 0 Å². The largest absolute Gasteiger partial charge is 0.460 e. The van der Waals surface area contributed by atoms with E-state index in [1.807, 2.05) is 27.7 Å². The predicted molar refractivity (Wildman–Crippen MR) is 69.8 cm³/mol. The van der Waals surface area contributed by atoms with Gasteiger partial charge in [0.2, 0.25) is 0 Å². The van der Waals surface area contributed by atoms with Crippen LogP contribution in [0.25, 0.3) is 0 Å². The third-order valence-corrected chi connectivity index (χ3v) is 3.14. The van der Waals surface area contributed by atoms with Crippen LogP contribution in [-0.2, 0) is 9.53 Å². The summed E-state index contributed by atoms with van der Waals surface area (Å²) in [5, 5.41) is 10.5. The van der Waals surface area contributed by atoms with E-state index < -0.39 is 17.1 Å². The van der Waals surface area contributed by atoms with Crippen LogP contribution >= 0.6 is 0 Å². The summed E-state index contributed by atoms with van der Waals surface area (Å²) in [5.74, 6) is -0.781. The molecule has 2 unspecified atom stereocenters. The molecule has 1 N–H and O–H groups in total. The average Bonchev–Trinajstić information content (AvgIpc) is 2.22. The average molecular weight is 244 g/mol. The molecule has 3 heteroatoms. The molecule has 2 atom stereocenters. The summed E-state index contributed by atoms with van der Waals surface area (Å²) in [6.45, 7) is 11.3. The summed E-state index contributed by atoms with van der Waals surface area (Å²) in [5.41, 5.74) is -1.43. The lowest BCUT2D eigenvalue weighted by atomic mass is 9.82.